The molecule has 0 amide bonds. The van der Waals surface area contributed by atoms with E-state index in [-0.39, 0.29) is 23.4 Å². The van der Waals surface area contributed by atoms with Gasteiger partial charge in [0.1, 0.15) is 0 Å². The van der Waals surface area contributed by atoms with Crippen LogP contribution in [0, 0.1) is 0 Å². The van der Waals surface area contributed by atoms with Gasteiger partial charge in [0.05, 0.1) is 0 Å². The van der Waals surface area contributed by atoms with Crippen LogP contribution in [0.5, 0.6) is 0 Å². The van der Waals surface area contributed by atoms with Crippen molar-refractivity contribution in [2.45, 2.75) is 7.59 Å². The van der Waals surface area contributed by atoms with Gasteiger partial charge in [0.25, 0.3) is 19.4 Å². The summed E-state index contributed by atoms with van der Waals surface area (Å²) in [7, 11) is 0. The SMILES string of the molecule is ClC(Cl)(Cl)c1noc(-c2ccc(-c3nc(C(Cl)(Cl)Cl)no3)cc2)n1. The Morgan fingerprint density at radius 2 is 0.958 bits per heavy atom. The highest BCUT2D eigenvalue weighted by molar-refractivity contribution is 6.66. The van der Waals surface area contributed by atoms with Crippen molar-refractivity contribution in [3.05, 3.63) is 35.9 Å². The third-order valence-corrected chi connectivity index (χ3v) is 3.75. The van der Waals surface area contributed by atoms with E-state index in [0.717, 1.165) is 0 Å². The van der Waals surface area contributed by atoms with Crippen molar-refractivity contribution in [1.29, 1.82) is 0 Å². The maximum absolute atomic E-state index is 5.69. The summed E-state index contributed by atoms with van der Waals surface area (Å²) < 4.78 is 6.58. The molecule has 1 aromatic carbocycles. The molecular formula is C12H4Cl6N4O2. The topological polar surface area (TPSA) is 77.8 Å². The molecule has 6 nitrogen and oxygen atoms in total. The average molecular weight is 449 g/mol. The van der Waals surface area contributed by atoms with E-state index in [4.69, 9.17) is 78.7 Å². The Bertz CT molecular complexity index is 778. The summed E-state index contributed by atoms with van der Waals surface area (Å²) in [6.45, 7) is 0. The van der Waals surface area contributed by atoms with Crippen molar-refractivity contribution in [2.24, 2.45) is 0 Å². The predicted molar refractivity (Wildman–Crippen MR) is 91.5 cm³/mol. The summed E-state index contributed by atoms with van der Waals surface area (Å²) in [4.78, 5) is 8.03. The fourth-order valence-electron chi connectivity index (χ4n) is 1.67. The first-order valence-electron chi connectivity index (χ1n) is 6.07. The third-order valence-electron chi connectivity index (χ3n) is 2.74. The number of aromatic nitrogens is 4. The highest BCUT2D eigenvalue weighted by Gasteiger charge is 2.31. The second-order valence-corrected chi connectivity index (χ2v) is 8.98. The number of alkyl halides is 6. The number of halogens is 6. The summed E-state index contributed by atoms with van der Waals surface area (Å²) in [5, 5.41) is 7.22. The van der Waals surface area contributed by atoms with Crippen LogP contribution in [-0.4, -0.2) is 20.3 Å². The van der Waals surface area contributed by atoms with Crippen LogP contribution in [0.15, 0.2) is 33.3 Å². The second kappa shape index (κ2) is 6.52. The quantitative estimate of drug-likeness (QED) is 0.486. The molecule has 126 valence electrons. The van der Waals surface area contributed by atoms with Crippen LogP contribution in [0.25, 0.3) is 22.9 Å². The van der Waals surface area contributed by atoms with Gasteiger partial charge in [0, 0.05) is 11.1 Å². The molecule has 0 unspecified atom stereocenters. The Hall–Kier alpha value is -0.760. The molecule has 0 saturated heterocycles. The summed E-state index contributed by atoms with van der Waals surface area (Å²) >= 11 is 34.1. The van der Waals surface area contributed by atoms with Gasteiger partial charge in [-0.15, -0.1) is 0 Å². The van der Waals surface area contributed by atoms with Crippen LogP contribution in [-0.2, 0) is 7.59 Å². The van der Waals surface area contributed by atoms with E-state index in [9.17, 15) is 0 Å². The molecule has 0 aliphatic rings. The van der Waals surface area contributed by atoms with Crippen LogP contribution in [0.2, 0.25) is 0 Å². The molecule has 0 N–H and O–H groups in total. The Balaban J connectivity index is 1.86. The molecule has 0 saturated carbocycles. The lowest BCUT2D eigenvalue weighted by Crippen LogP contribution is -2.02. The minimum atomic E-state index is -1.76. The lowest BCUT2D eigenvalue weighted by Gasteiger charge is -2.02. The Morgan fingerprint density at radius 3 is 1.21 bits per heavy atom. The van der Waals surface area contributed by atoms with Gasteiger partial charge in [0.15, 0.2) is 0 Å². The summed E-state index contributed by atoms with van der Waals surface area (Å²) in [5.41, 5.74) is 1.21. The van der Waals surface area contributed by atoms with Gasteiger partial charge in [-0.3, -0.25) is 0 Å². The Morgan fingerprint density at radius 1 is 0.625 bits per heavy atom. The monoisotopic (exact) mass is 446 g/mol. The van der Waals surface area contributed by atoms with Crippen molar-refractivity contribution >= 4 is 69.6 Å². The van der Waals surface area contributed by atoms with Crippen LogP contribution in [0.1, 0.15) is 11.6 Å². The zero-order chi connectivity index (χ0) is 17.5. The van der Waals surface area contributed by atoms with Crippen LogP contribution >= 0.6 is 69.6 Å². The molecule has 0 bridgehead atoms. The standard InChI is InChI=1S/C12H4Cl6N4O2/c13-11(14,15)9-19-7(23-21-9)5-1-2-6(4-3-5)8-20-10(22-24-8)12(16,17)18/h1-4H. The van der Waals surface area contributed by atoms with E-state index in [1.165, 1.54) is 0 Å². The normalized spacial score (nSPS) is 12.6. The second-order valence-electron chi connectivity index (χ2n) is 4.42. The fraction of sp³-hybridized carbons (Fsp3) is 0.167. The minimum absolute atomic E-state index is 0.0594. The summed E-state index contributed by atoms with van der Waals surface area (Å²) in [6, 6.07) is 6.74. The third kappa shape index (κ3) is 3.90. The van der Waals surface area contributed by atoms with Gasteiger partial charge >= 0.3 is 0 Å². The number of hydrogen-bond donors (Lipinski definition) is 0. The molecule has 3 rings (SSSR count). The number of hydrogen-bond acceptors (Lipinski definition) is 6. The molecular weight excluding hydrogens is 445 g/mol. The van der Waals surface area contributed by atoms with Crippen LogP contribution in [0.3, 0.4) is 0 Å². The maximum Gasteiger partial charge on any atom is 0.258 e. The minimum Gasteiger partial charge on any atom is -0.334 e. The smallest absolute Gasteiger partial charge is 0.258 e. The van der Waals surface area contributed by atoms with Crippen molar-refractivity contribution in [2.75, 3.05) is 0 Å². The fourth-order valence-corrected chi connectivity index (χ4v) is 2.13. The number of rotatable bonds is 2. The molecule has 0 aliphatic carbocycles. The highest BCUT2D eigenvalue weighted by atomic mass is 35.6. The van der Waals surface area contributed by atoms with E-state index >= 15 is 0 Å². The maximum atomic E-state index is 5.69. The Kier molecular flexibility index (Phi) is 4.90. The molecule has 2 heterocycles. The van der Waals surface area contributed by atoms with Gasteiger partial charge in [-0.05, 0) is 24.3 Å². The van der Waals surface area contributed by atoms with Gasteiger partial charge in [-0.25, -0.2) is 0 Å². The van der Waals surface area contributed by atoms with Crippen molar-refractivity contribution in [1.82, 2.24) is 20.3 Å². The Labute approximate surface area is 164 Å². The van der Waals surface area contributed by atoms with Crippen LogP contribution in [0.4, 0.5) is 0 Å². The van der Waals surface area contributed by atoms with Gasteiger partial charge in [0.2, 0.25) is 11.6 Å². The molecule has 3 aromatic rings. The van der Waals surface area contributed by atoms with Gasteiger partial charge in [-0.1, -0.05) is 79.9 Å². The number of benzene rings is 1. The number of nitrogens with zero attached hydrogens (tertiary/aromatic N) is 4. The first-order chi connectivity index (χ1) is 11.1. The van der Waals surface area contributed by atoms with E-state index in [1.54, 1.807) is 24.3 Å². The van der Waals surface area contributed by atoms with Crippen molar-refractivity contribution in [3.63, 3.8) is 0 Å². The summed E-state index contributed by atoms with van der Waals surface area (Å²) in [6.07, 6.45) is 0. The van der Waals surface area contributed by atoms with Crippen molar-refractivity contribution in [3.8, 4) is 22.9 Å². The predicted octanol–water partition coefficient (Wildman–Crippen LogP) is 5.44. The molecule has 2 aromatic heterocycles. The van der Waals surface area contributed by atoms with Gasteiger partial charge in [-0.2, -0.15) is 9.97 Å². The van der Waals surface area contributed by atoms with Crippen LogP contribution < -0.4 is 0 Å². The molecule has 12 heteroatoms. The average Bonchev–Trinajstić information content (AvgIpc) is 3.16. The zero-order valence-corrected chi connectivity index (χ0v) is 15.7. The molecule has 0 spiro atoms. The van der Waals surface area contributed by atoms with Gasteiger partial charge < -0.3 is 9.05 Å². The van der Waals surface area contributed by atoms with E-state index < -0.39 is 7.59 Å². The molecule has 0 aliphatic heterocycles. The first kappa shape index (κ1) is 18.0. The molecule has 0 atom stereocenters. The lowest BCUT2D eigenvalue weighted by molar-refractivity contribution is 0.422. The first-order valence-corrected chi connectivity index (χ1v) is 8.34. The molecule has 0 radical (unpaired) electrons. The van der Waals surface area contributed by atoms with E-state index in [1.807, 2.05) is 0 Å². The molecule has 0 fully saturated rings. The lowest BCUT2D eigenvalue weighted by atomic mass is 10.1. The summed E-state index contributed by atoms with van der Waals surface area (Å²) in [5.74, 6) is 0.261. The van der Waals surface area contributed by atoms with Crippen molar-refractivity contribution < 1.29 is 9.05 Å². The largest absolute Gasteiger partial charge is 0.334 e. The molecule has 24 heavy (non-hydrogen) atoms. The zero-order valence-electron chi connectivity index (χ0n) is 11.2. The van der Waals surface area contributed by atoms with E-state index in [2.05, 4.69) is 20.3 Å². The highest BCUT2D eigenvalue weighted by Crippen LogP contribution is 2.38. The van der Waals surface area contributed by atoms with E-state index in [0.29, 0.717) is 11.1 Å².